The molecule has 1 aliphatic rings. The first-order valence-electron chi connectivity index (χ1n) is 14.5. The molecule has 4 aromatic rings. The van der Waals surface area contributed by atoms with Crippen molar-refractivity contribution in [1.82, 2.24) is 4.90 Å². The maximum Gasteiger partial charge on any atom is 0.344 e. The summed E-state index contributed by atoms with van der Waals surface area (Å²) in [5, 5.41) is 0. The fourth-order valence-corrected chi connectivity index (χ4v) is 5.84. The van der Waals surface area contributed by atoms with Crippen molar-refractivity contribution in [3.8, 4) is 5.75 Å². The number of hydrogen-bond donors (Lipinski definition) is 0. The van der Waals surface area contributed by atoms with Crippen LogP contribution >= 0.6 is 0 Å². The number of fused-ring (bicyclic) bond motifs is 1. The van der Waals surface area contributed by atoms with Crippen molar-refractivity contribution in [2.24, 2.45) is 5.92 Å². The van der Waals surface area contributed by atoms with Gasteiger partial charge in [0.1, 0.15) is 5.75 Å². The van der Waals surface area contributed by atoms with Gasteiger partial charge in [-0.1, -0.05) is 91.0 Å². The molecule has 0 aliphatic heterocycles. The molecule has 41 heavy (non-hydrogen) atoms. The van der Waals surface area contributed by atoms with E-state index in [-0.39, 0.29) is 30.3 Å². The van der Waals surface area contributed by atoms with Gasteiger partial charge in [-0.05, 0) is 72.6 Å². The molecular formula is C36H37NO4. The number of hydrogen-bond acceptors (Lipinski definition) is 4. The lowest BCUT2D eigenvalue weighted by Gasteiger charge is -2.28. The fraction of sp³-hybridized carbons (Fsp3) is 0.278. The molecule has 0 heterocycles. The zero-order chi connectivity index (χ0) is 28.4. The molecule has 0 saturated heterocycles. The van der Waals surface area contributed by atoms with E-state index in [1.54, 1.807) is 6.92 Å². The Labute approximate surface area is 242 Å². The Morgan fingerprint density at radius 2 is 1.44 bits per heavy atom. The Bertz CT molecular complexity index is 1380. The van der Waals surface area contributed by atoms with Gasteiger partial charge in [-0.3, -0.25) is 4.79 Å². The summed E-state index contributed by atoms with van der Waals surface area (Å²) in [7, 11) is 0. The van der Waals surface area contributed by atoms with E-state index in [4.69, 9.17) is 9.47 Å². The molecule has 4 aromatic carbocycles. The Morgan fingerprint density at radius 3 is 2.07 bits per heavy atom. The molecule has 0 spiro atoms. The lowest BCUT2D eigenvalue weighted by Crippen LogP contribution is -2.37. The van der Waals surface area contributed by atoms with E-state index in [0.717, 1.165) is 30.6 Å². The second-order valence-corrected chi connectivity index (χ2v) is 10.5. The van der Waals surface area contributed by atoms with Crippen LogP contribution in [0.3, 0.4) is 0 Å². The minimum Gasteiger partial charge on any atom is -0.482 e. The summed E-state index contributed by atoms with van der Waals surface area (Å²) < 4.78 is 10.9. The predicted molar refractivity (Wildman–Crippen MR) is 161 cm³/mol. The lowest BCUT2D eigenvalue weighted by molar-refractivity contribution is -0.145. The van der Waals surface area contributed by atoms with Gasteiger partial charge in [-0.15, -0.1) is 0 Å². The van der Waals surface area contributed by atoms with Crippen LogP contribution in [-0.4, -0.2) is 43.1 Å². The van der Waals surface area contributed by atoms with Gasteiger partial charge in [0.05, 0.1) is 6.61 Å². The van der Waals surface area contributed by atoms with E-state index < -0.39 is 0 Å². The molecule has 1 aliphatic carbocycles. The molecule has 0 saturated carbocycles. The zero-order valence-corrected chi connectivity index (χ0v) is 23.6. The van der Waals surface area contributed by atoms with Gasteiger partial charge in [0.2, 0.25) is 0 Å². The lowest BCUT2D eigenvalue weighted by atomic mass is 9.88. The normalized spacial score (nSPS) is 14.0. The second-order valence-electron chi connectivity index (χ2n) is 10.5. The number of nitrogens with zero attached hydrogens (tertiary/aromatic N) is 1. The number of esters is 1. The zero-order valence-electron chi connectivity index (χ0n) is 23.6. The first kappa shape index (κ1) is 28.2. The molecule has 5 rings (SSSR count). The fourth-order valence-electron chi connectivity index (χ4n) is 5.84. The largest absolute Gasteiger partial charge is 0.482 e. The van der Waals surface area contributed by atoms with Crippen molar-refractivity contribution in [3.63, 3.8) is 0 Å². The molecule has 5 heteroatoms. The summed E-state index contributed by atoms with van der Waals surface area (Å²) >= 11 is 0. The third-order valence-electron chi connectivity index (χ3n) is 7.76. The van der Waals surface area contributed by atoms with E-state index in [2.05, 4.69) is 54.6 Å². The Balaban J connectivity index is 1.34. The van der Waals surface area contributed by atoms with E-state index in [0.29, 0.717) is 25.3 Å². The highest BCUT2D eigenvalue weighted by molar-refractivity contribution is 5.94. The standard InChI is InChI=1S/C36H37NO4/c1-2-40-35(38)26-41-34-20-12-19-31-23-27(24-33(31)34)25-37(36(39)30-17-10-5-11-18-30)22-21-32(28-13-6-3-7-14-28)29-15-8-4-9-16-29/h3-20,27,32H,2,21-26H2,1H3. The van der Waals surface area contributed by atoms with Crippen molar-refractivity contribution in [2.45, 2.75) is 32.1 Å². The first-order valence-corrected chi connectivity index (χ1v) is 14.5. The van der Waals surface area contributed by atoms with Crippen LogP contribution in [0.1, 0.15) is 51.9 Å². The Morgan fingerprint density at radius 1 is 0.805 bits per heavy atom. The molecule has 5 nitrogen and oxygen atoms in total. The van der Waals surface area contributed by atoms with E-state index in [1.165, 1.54) is 16.7 Å². The maximum absolute atomic E-state index is 13.8. The Kier molecular flexibility index (Phi) is 9.48. The average molecular weight is 548 g/mol. The molecule has 210 valence electrons. The number of benzene rings is 4. The summed E-state index contributed by atoms with van der Waals surface area (Å²) in [5.41, 5.74) is 5.55. The number of amides is 1. The molecule has 0 N–H and O–H groups in total. The summed E-state index contributed by atoms with van der Waals surface area (Å²) in [6.07, 6.45) is 2.49. The smallest absolute Gasteiger partial charge is 0.344 e. The van der Waals surface area contributed by atoms with Crippen molar-refractivity contribution < 1.29 is 19.1 Å². The van der Waals surface area contributed by atoms with Crippen LogP contribution in [0.4, 0.5) is 0 Å². The van der Waals surface area contributed by atoms with Gasteiger partial charge < -0.3 is 14.4 Å². The first-order chi connectivity index (χ1) is 20.1. The van der Waals surface area contributed by atoms with E-state index in [9.17, 15) is 9.59 Å². The highest BCUT2D eigenvalue weighted by atomic mass is 16.6. The van der Waals surface area contributed by atoms with Gasteiger partial charge in [0, 0.05) is 24.6 Å². The summed E-state index contributed by atoms with van der Waals surface area (Å²) in [6, 6.07) is 36.7. The summed E-state index contributed by atoms with van der Waals surface area (Å²) in [5.74, 6) is 0.863. The van der Waals surface area contributed by atoms with Gasteiger partial charge in [-0.25, -0.2) is 4.79 Å². The molecule has 1 amide bonds. The van der Waals surface area contributed by atoms with Crippen LogP contribution in [-0.2, 0) is 22.4 Å². The van der Waals surface area contributed by atoms with Crippen molar-refractivity contribution in [1.29, 1.82) is 0 Å². The minimum absolute atomic E-state index is 0.0558. The monoisotopic (exact) mass is 547 g/mol. The quantitative estimate of drug-likeness (QED) is 0.185. The molecule has 0 fully saturated rings. The summed E-state index contributed by atoms with van der Waals surface area (Å²) in [6.45, 7) is 3.30. The van der Waals surface area contributed by atoms with Crippen LogP contribution in [0.25, 0.3) is 0 Å². The molecule has 0 bridgehead atoms. The second kappa shape index (κ2) is 13.8. The maximum atomic E-state index is 13.8. The highest BCUT2D eigenvalue weighted by Gasteiger charge is 2.29. The van der Waals surface area contributed by atoms with Crippen LogP contribution in [0.15, 0.2) is 109 Å². The van der Waals surface area contributed by atoms with Crippen molar-refractivity contribution >= 4 is 11.9 Å². The molecular weight excluding hydrogens is 510 g/mol. The number of carbonyl (C=O) groups excluding carboxylic acids is 2. The van der Waals surface area contributed by atoms with E-state index in [1.807, 2.05) is 59.5 Å². The highest BCUT2D eigenvalue weighted by Crippen LogP contribution is 2.35. The average Bonchev–Trinajstić information content (AvgIpc) is 3.44. The molecule has 1 unspecified atom stereocenters. The van der Waals surface area contributed by atoms with Gasteiger partial charge in [0.15, 0.2) is 6.61 Å². The molecule has 0 aromatic heterocycles. The van der Waals surface area contributed by atoms with Gasteiger partial charge in [0.25, 0.3) is 5.91 Å². The summed E-state index contributed by atoms with van der Waals surface area (Å²) in [4.78, 5) is 27.8. The predicted octanol–water partition coefficient (Wildman–Crippen LogP) is 6.71. The number of rotatable bonds is 12. The van der Waals surface area contributed by atoms with Crippen molar-refractivity contribution in [3.05, 3.63) is 137 Å². The SMILES string of the molecule is CCOC(=O)COc1cccc2c1CC(CN(CCC(c1ccccc1)c1ccccc1)C(=O)c1ccccc1)C2. The molecule has 0 radical (unpaired) electrons. The number of carbonyl (C=O) groups is 2. The van der Waals surface area contributed by atoms with Crippen LogP contribution in [0.5, 0.6) is 5.75 Å². The Hall–Kier alpha value is -4.38. The van der Waals surface area contributed by atoms with Crippen LogP contribution < -0.4 is 4.74 Å². The van der Waals surface area contributed by atoms with Crippen molar-refractivity contribution in [2.75, 3.05) is 26.3 Å². The van der Waals surface area contributed by atoms with Crippen LogP contribution in [0.2, 0.25) is 0 Å². The third-order valence-corrected chi connectivity index (χ3v) is 7.76. The van der Waals surface area contributed by atoms with Crippen LogP contribution in [0, 0.1) is 5.92 Å². The van der Waals surface area contributed by atoms with Gasteiger partial charge >= 0.3 is 5.97 Å². The number of ether oxygens (including phenoxy) is 2. The topological polar surface area (TPSA) is 55.8 Å². The minimum atomic E-state index is -0.370. The molecule has 1 atom stereocenters. The van der Waals surface area contributed by atoms with E-state index >= 15 is 0 Å². The van der Waals surface area contributed by atoms with Gasteiger partial charge in [-0.2, -0.15) is 0 Å². The third kappa shape index (κ3) is 7.23.